The van der Waals surface area contributed by atoms with E-state index in [9.17, 15) is 0 Å². The standard InChI is InChI=1S/C15H21ClN4/c1-7-11-9(2)13(16)18-14(17-11)10-8-20(6)19-12(10)15(3,4)5/h8H,7H2,1-6H3. The molecular formula is C15H21ClN4. The minimum absolute atomic E-state index is 0.0658. The monoisotopic (exact) mass is 292 g/mol. The van der Waals surface area contributed by atoms with E-state index in [1.54, 1.807) is 4.68 Å². The van der Waals surface area contributed by atoms with Crippen molar-refractivity contribution >= 4 is 11.6 Å². The second-order valence-electron chi connectivity index (χ2n) is 6.08. The SMILES string of the molecule is CCc1nc(-c2cn(C)nc2C(C)(C)C)nc(Cl)c1C. The van der Waals surface area contributed by atoms with Crippen LogP contribution in [0.4, 0.5) is 0 Å². The Kier molecular flexibility index (Phi) is 3.87. The summed E-state index contributed by atoms with van der Waals surface area (Å²) in [7, 11) is 1.91. The van der Waals surface area contributed by atoms with E-state index in [0.717, 1.165) is 28.9 Å². The molecule has 0 radical (unpaired) electrons. The first kappa shape index (κ1) is 15.0. The highest BCUT2D eigenvalue weighted by Crippen LogP contribution is 2.31. The smallest absolute Gasteiger partial charge is 0.164 e. The van der Waals surface area contributed by atoms with Gasteiger partial charge in [-0.3, -0.25) is 4.68 Å². The first-order valence-electron chi connectivity index (χ1n) is 6.81. The molecule has 4 nitrogen and oxygen atoms in total. The van der Waals surface area contributed by atoms with Crippen LogP contribution in [0.5, 0.6) is 0 Å². The summed E-state index contributed by atoms with van der Waals surface area (Å²) in [6, 6.07) is 0. The third-order valence-electron chi connectivity index (χ3n) is 3.30. The van der Waals surface area contributed by atoms with Crippen LogP contribution in [0.3, 0.4) is 0 Å². The molecule has 5 heteroatoms. The molecular weight excluding hydrogens is 272 g/mol. The second kappa shape index (κ2) is 5.17. The van der Waals surface area contributed by atoms with Gasteiger partial charge in [0.2, 0.25) is 0 Å². The Bertz CT molecular complexity index is 638. The molecule has 0 unspecified atom stereocenters. The molecule has 0 aliphatic carbocycles. The highest BCUT2D eigenvalue weighted by molar-refractivity contribution is 6.30. The molecule has 0 aliphatic heterocycles. The van der Waals surface area contributed by atoms with E-state index in [4.69, 9.17) is 11.6 Å². The van der Waals surface area contributed by atoms with Gasteiger partial charge in [0.25, 0.3) is 0 Å². The maximum Gasteiger partial charge on any atom is 0.164 e. The highest BCUT2D eigenvalue weighted by atomic mass is 35.5. The van der Waals surface area contributed by atoms with Gasteiger partial charge in [0.05, 0.1) is 11.3 Å². The number of rotatable bonds is 2. The number of hydrogen-bond donors (Lipinski definition) is 0. The van der Waals surface area contributed by atoms with Crippen molar-refractivity contribution in [1.82, 2.24) is 19.7 Å². The molecule has 2 heterocycles. The molecule has 0 spiro atoms. The minimum atomic E-state index is -0.0658. The maximum atomic E-state index is 6.24. The summed E-state index contributed by atoms with van der Waals surface area (Å²) in [4.78, 5) is 9.10. The molecule has 0 N–H and O–H groups in total. The van der Waals surface area contributed by atoms with Gasteiger partial charge in [-0.2, -0.15) is 5.10 Å². The van der Waals surface area contributed by atoms with Crippen LogP contribution in [-0.4, -0.2) is 19.7 Å². The number of hydrogen-bond acceptors (Lipinski definition) is 3. The Hall–Kier alpha value is -1.42. The highest BCUT2D eigenvalue weighted by Gasteiger charge is 2.24. The van der Waals surface area contributed by atoms with Gasteiger partial charge in [0.1, 0.15) is 5.15 Å². The quantitative estimate of drug-likeness (QED) is 0.793. The van der Waals surface area contributed by atoms with Crippen LogP contribution in [0.15, 0.2) is 6.20 Å². The van der Waals surface area contributed by atoms with Crippen LogP contribution >= 0.6 is 11.6 Å². The number of aryl methyl sites for hydroxylation is 2. The second-order valence-corrected chi connectivity index (χ2v) is 6.44. The summed E-state index contributed by atoms with van der Waals surface area (Å²) in [6.45, 7) is 10.4. The average Bonchev–Trinajstić information content (AvgIpc) is 2.74. The van der Waals surface area contributed by atoms with E-state index in [1.165, 1.54) is 0 Å². The van der Waals surface area contributed by atoms with E-state index in [0.29, 0.717) is 11.0 Å². The molecule has 108 valence electrons. The summed E-state index contributed by atoms with van der Waals surface area (Å²) >= 11 is 6.24. The van der Waals surface area contributed by atoms with Crippen LogP contribution in [-0.2, 0) is 18.9 Å². The topological polar surface area (TPSA) is 43.6 Å². The largest absolute Gasteiger partial charge is 0.275 e. The normalized spacial score (nSPS) is 11.9. The fourth-order valence-electron chi connectivity index (χ4n) is 2.20. The van der Waals surface area contributed by atoms with Gasteiger partial charge in [-0.25, -0.2) is 9.97 Å². The van der Waals surface area contributed by atoms with Crippen molar-refractivity contribution in [3.8, 4) is 11.4 Å². The zero-order valence-electron chi connectivity index (χ0n) is 13.0. The lowest BCUT2D eigenvalue weighted by molar-refractivity contribution is 0.554. The first-order chi connectivity index (χ1) is 9.24. The van der Waals surface area contributed by atoms with Gasteiger partial charge < -0.3 is 0 Å². The van der Waals surface area contributed by atoms with Crippen LogP contribution in [0.2, 0.25) is 5.15 Å². The van der Waals surface area contributed by atoms with Crippen molar-refractivity contribution in [3.05, 3.63) is 28.3 Å². The van der Waals surface area contributed by atoms with Crippen LogP contribution in [0.25, 0.3) is 11.4 Å². The van der Waals surface area contributed by atoms with E-state index in [2.05, 4.69) is 42.8 Å². The van der Waals surface area contributed by atoms with Crippen LogP contribution in [0.1, 0.15) is 44.6 Å². The first-order valence-corrected chi connectivity index (χ1v) is 7.19. The lowest BCUT2D eigenvalue weighted by Crippen LogP contribution is -2.14. The van der Waals surface area contributed by atoms with E-state index in [-0.39, 0.29) is 5.41 Å². The van der Waals surface area contributed by atoms with Crippen molar-refractivity contribution < 1.29 is 0 Å². The number of halogens is 1. The third-order valence-corrected chi connectivity index (χ3v) is 3.67. The molecule has 2 rings (SSSR count). The van der Waals surface area contributed by atoms with Crippen molar-refractivity contribution in [3.63, 3.8) is 0 Å². The summed E-state index contributed by atoms with van der Waals surface area (Å²) in [5.74, 6) is 0.662. The molecule has 0 bridgehead atoms. The molecule has 2 aromatic heterocycles. The molecule has 0 saturated carbocycles. The third kappa shape index (κ3) is 2.70. The van der Waals surface area contributed by atoms with Crippen molar-refractivity contribution in [1.29, 1.82) is 0 Å². The zero-order valence-corrected chi connectivity index (χ0v) is 13.7. The van der Waals surface area contributed by atoms with Gasteiger partial charge in [-0.05, 0) is 13.3 Å². The molecule has 0 amide bonds. The molecule has 20 heavy (non-hydrogen) atoms. The Labute approximate surface area is 125 Å². The molecule has 0 atom stereocenters. The summed E-state index contributed by atoms with van der Waals surface area (Å²) in [5.41, 5.74) is 3.82. The van der Waals surface area contributed by atoms with Crippen molar-refractivity contribution in [2.45, 2.75) is 46.5 Å². The lowest BCUT2D eigenvalue weighted by atomic mass is 9.89. The van der Waals surface area contributed by atoms with E-state index >= 15 is 0 Å². The summed E-state index contributed by atoms with van der Waals surface area (Å²) in [6.07, 6.45) is 2.80. The summed E-state index contributed by atoms with van der Waals surface area (Å²) < 4.78 is 1.80. The van der Waals surface area contributed by atoms with Gasteiger partial charge in [0.15, 0.2) is 5.82 Å². The van der Waals surface area contributed by atoms with Crippen molar-refractivity contribution in [2.24, 2.45) is 7.05 Å². The summed E-state index contributed by atoms with van der Waals surface area (Å²) in [5, 5.41) is 5.08. The van der Waals surface area contributed by atoms with E-state index < -0.39 is 0 Å². The lowest BCUT2D eigenvalue weighted by Gasteiger charge is -2.17. The molecule has 0 saturated heterocycles. The van der Waals surface area contributed by atoms with Gasteiger partial charge >= 0.3 is 0 Å². The predicted octanol–water partition coefficient (Wildman–Crippen LogP) is 3.70. The Balaban J connectivity index is 2.66. The van der Waals surface area contributed by atoms with Crippen molar-refractivity contribution in [2.75, 3.05) is 0 Å². The number of aromatic nitrogens is 4. The predicted molar refractivity (Wildman–Crippen MR) is 82.1 cm³/mol. The zero-order chi connectivity index (χ0) is 15.1. The van der Waals surface area contributed by atoms with Crippen LogP contribution < -0.4 is 0 Å². The number of nitrogens with zero attached hydrogens (tertiary/aromatic N) is 4. The maximum absolute atomic E-state index is 6.24. The van der Waals surface area contributed by atoms with Gasteiger partial charge in [-0.15, -0.1) is 0 Å². The Morgan fingerprint density at radius 3 is 2.45 bits per heavy atom. The van der Waals surface area contributed by atoms with Gasteiger partial charge in [0, 0.05) is 29.9 Å². The van der Waals surface area contributed by atoms with Crippen LogP contribution in [0, 0.1) is 6.92 Å². The minimum Gasteiger partial charge on any atom is -0.275 e. The average molecular weight is 293 g/mol. The molecule has 2 aromatic rings. The molecule has 0 aliphatic rings. The Morgan fingerprint density at radius 1 is 1.25 bits per heavy atom. The molecule has 0 fully saturated rings. The fourth-order valence-corrected chi connectivity index (χ4v) is 2.39. The van der Waals surface area contributed by atoms with E-state index in [1.807, 2.05) is 20.2 Å². The van der Waals surface area contributed by atoms with Gasteiger partial charge in [-0.1, -0.05) is 39.3 Å². The fraction of sp³-hybridized carbons (Fsp3) is 0.533. The Morgan fingerprint density at radius 2 is 1.90 bits per heavy atom. The molecule has 0 aromatic carbocycles.